The number of thiazole rings is 1. The molecule has 114 valence electrons. The first-order valence-electron chi connectivity index (χ1n) is 7.86. The Morgan fingerprint density at radius 3 is 2.50 bits per heavy atom. The SMILES string of the molecule is O=C(c1cnc(-c2ccccc2)s1)N1CCN(C2CC2)CC1. The highest BCUT2D eigenvalue weighted by Gasteiger charge is 2.32. The number of benzene rings is 1. The van der Waals surface area contributed by atoms with Crippen LogP contribution >= 0.6 is 11.3 Å². The quantitative estimate of drug-likeness (QED) is 0.874. The molecule has 1 aromatic carbocycles. The Morgan fingerprint density at radius 1 is 1.09 bits per heavy atom. The molecule has 1 amide bonds. The minimum absolute atomic E-state index is 0.134. The molecule has 0 atom stereocenters. The normalized spacial score (nSPS) is 19.4. The number of aromatic nitrogens is 1. The Hall–Kier alpha value is -1.72. The minimum Gasteiger partial charge on any atom is -0.335 e. The standard InChI is InChI=1S/C17H19N3OS/c21-17(20-10-8-19(9-11-20)14-6-7-14)15-12-18-16(22-15)13-4-2-1-3-5-13/h1-5,12,14H,6-11H2. The number of amides is 1. The summed E-state index contributed by atoms with van der Waals surface area (Å²) in [4.78, 5) is 22.3. The molecule has 4 nitrogen and oxygen atoms in total. The topological polar surface area (TPSA) is 36.4 Å². The lowest BCUT2D eigenvalue weighted by Gasteiger charge is -2.34. The molecule has 1 saturated carbocycles. The lowest BCUT2D eigenvalue weighted by molar-refractivity contribution is 0.0632. The van der Waals surface area contributed by atoms with E-state index in [1.165, 1.54) is 24.2 Å². The Balaban J connectivity index is 1.44. The molecule has 2 heterocycles. The minimum atomic E-state index is 0.134. The number of carbonyl (C=O) groups excluding carboxylic acids is 1. The zero-order valence-corrected chi connectivity index (χ0v) is 13.3. The van der Waals surface area contributed by atoms with Crippen molar-refractivity contribution in [3.8, 4) is 10.6 Å². The van der Waals surface area contributed by atoms with E-state index in [0.717, 1.165) is 47.7 Å². The van der Waals surface area contributed by atoms with Gasteiger partial charge in [-0.25, -0.2) is 4.98 Å². The van der Waals surface area contributed by atoms with E-state index in [-0.39, 0.29) is 5.91 Å². The van der Waals surface area contributed by atoms with Gasteiger partial charge in [-0.05, 0) is 12.8 Å². The number of nitrogens with zero attached hydrogens (tertiary/aromatic N) is 3. The maximum absolute atomic E-state index is 12.6. The molecule has 1 aliphatic heterocycles. The predicted octanol–water partition coefficient (Wildman–Crippen LogP) is 2.73. The summed E-state index contributed by atoms with van der Waals surface area (Å²) in [6.45, 7) is 3.71. The summed E-state index contributed by atoms with van der Waals surface area (Å²) in [6, 6.07) is 10.8. The van der Waals surface area contributed by atoms with Gasteiger partial charge in [0.1, 0.15) is 9.88 Å². The fraction of sp³-hybridized carbons (Fsp3) is 0.412. The van der Waals surface area contributed by atoms with Gasteiger partial charge in [0.2, 0.25) is 0 Å². The first kappa shape index (κ1) is 13.9. The maximum atomic E-state index is 12.6. The van der Waals surface area contributed by atoms with Gasteiger partial charge in [0, 0.05) is 37.8 Å². The molecule has 0 bridgehead atoms. The molecule has 2 fully saturated rings. The second kappa shape index (κ2) is 5.82. The lowest BCUT2D eigenvalue weighted by atomic mass is 10.2. The van der Waals surface area contributed by atoms with Gasteiger partial charge in [0.05, 0.1) is 6.20 Å². The van der Waals surface area contributed by atoms with Crippen molar-refractivity contribution < 1.29 is 4.79 Å². The first-order chi connectivity index (χ1) is 10.8. The number of piperazine rings is 1. The van der Waals surface area contributed by atoms with Crippen LogP contribution in [-0.2, 0) is 0 Å². The van der Waals surface area contributed by atoms with E-state index in [2.05, 4.69) is 9.88 Å². The molecular weight excluding hydrogens is 294 g/mol. The molecule has 2 aromatic rings. The highest BCUT2D eigenvalue weighted by molar-refractivity contribution is 7.16. The predicted molar refractivity (Wildman–Crippen MR) is 88.0 cm³/mol. The average molecular weight is 313 g/mol. The summed E-state index contributed by atoms with van der Waals surface area (Å²) in [5.74, 6) is 0.134. The average Bonchev–Trinajstić information content (AvgIpc) is 3.32. The molecule has 0 radical (unpaired) electrons. The summed E-state index contributed by atoms with van der Waals surface area (Å²) in [5.41, 5.74) is 1.07. The summed E-state index contributed by atoms with van der Waals surface area (Å²) >= 11 is 1.49. The van der Waals surface area contributed by atoms with Crippen molar-refractivity contribution in [1.82, 2.24) is 14.8 Å². The zero-order valence-electron chi connectivity index (χ0n) is 12.4. The Kier molecular flexibility index (Phi) is 3.68. The van der Waals surface area contributed by atoms with Gasteiger partial charge in [-0.15, -0.1) is 11.3 Å². The highest BCUT2D eigenvalue weighted by Crippen LogP contribution is 2.29. The summed E-state index contributed by atoms with van der Waals surface area (Å²) in [7, 11) is 0. The van der Waals surface area contributed by atoms with Crippen LogP contribution in [-0.4, -0.2) is 52.9 Å². The van der Waals surface area contributed by atoms with Gasteiger partial charge in [0.25, 0.3) is 5.91 Å². The zero-order chi connectivity index (χ0) is 14.9. The molecule has 0 spiro atoms. The summed E-state index contributed by atoms with van der Waals surface area (Å²) in [5, 5.41) is 0.917. The smallest absolute Gasteiger partial charge is 0.265 e. The highest BCUT2D eigenvalue weighted by atomic mass is 32.1. The Bertz CT molecular complexity index is 658. The molecule has 1 aliphatic carbocycles. The van der Waals surface area contributed by atoms with Gasteiger partial charge in [-0.3, -0.25) is 9.69 Å². The van der Waals surface area contributed by atoms with Gasteiger partial charge in [0.15, 0.2) is 0 Å². The van der Waals surface area contributed by atoms with Crippen LogP contribution in [0.4, 0.5) is 0 Å². The van der Waals surface area contributed by atoms with Crippen LogP contribution in [0.15, 0.2) is 36.5 Å². The summed E-state index contributed by atoms with van der Waals surface area (Å²) in [6.07, 6.45) is 4.40. The van der Waals surface area contributed by atoms with Gasteiger partial charge >= 0.3 is 0 Å². The molecule has 2 aliphatic rings. The second-order valence-corrected chi connectivity index (χ2v) is 6.99. The van der Waals surface area contributed by atoms with Crippen LogP contribution in [0.3, 0.4) is 0 Å². The van der Waals surface area contributed by atoms with Crippen molar-refractivity contribution in [2.45, 2.75) is 18.9 Å². The van der Waals surface area contributed by atoms with E-state index in [9.17, 15) is 4.79 Å². The van der Waals surface area contributed by atoms with Crippen molar-refractivity contribution in [2.75, 3.05) is 26.2 Å². The van der Waals surface area contributed by atoms with Crippen molar-refractivity contribution in [3.05, 3.63) is 41.4 Å². The van der Waals surface area contributed by atoms with Crippen LogP contribution < -0.4 is 0 Å². The second-order valence-electron chi connectivity index (χ2n) is 5.96. The lowest BCUT2D eigenvalue weighted by Crippen LogP contribution is -2.49. The maximum Gasteiger partial charge on any atom is 0.265 e. The molecule has 0 unspecified atom stereocenters. The van der Waals surface area contributed by atoms with Gasteiger partial charge in [-0.1, -0.05) is 30.3 Å². The monoisotopic (exact) mass is 313 g/mol. The van der Waals surface area contributed by atoms with Crippen molar-refractivity contribution in [3.63, 3.8) is 0 Å². The number of hydrogen-bond acceptors (Lipinski definition) is 4. The van der Waals surface area contributed by atoms with Crippen molar-refractivity contribution in [1.29, 1.82) is 0 Å². The molecule has 4 rings (SSSR count). The van der Waals surface area contributed by atoms with Crippen LogP contribution in [0.5, 0.6) is 0 Å². The Labute approximate surface area is 134 Å². The van der Waals surface area contributed by atoms with E-state index in [1.807, 2.05) is 35.2 Å². The van der Waals surface area contributed by atoms with Crippen LogP contribution in [0, 0.1) is 0 Å². The van der Waals surface area contributed by atoms with Crippen molar-refractivity contribution >= 4 is 17.2 Å². The number of rotatable bonds is 3. The number of hydrogen-bond donors (Lipinski definition) is 0. The van der Waals surface area contributed by atoms with E-state index < -0.39 is 0 Å². The third kappa shape index (κ3) is 2.78. The fourth-order valence-corrected chi connectivity index (χ4v) is 3.86. The van der Waals surface area contributed by atoms with E-state index in [0.29, 0.717) is 0 Å². The van der Waals surface area contributed by atoms with E-state index in [4.69, 9.17) is 0 Å². The number of carbonyl (C=O) groups is 1. The van der Waals surface area contributed by atoms with Gasteiger partial charge < -0.3 is 4.90 Å². The van der Waals surface area contributed by atoms with Crippen LogP contribution in [0.2, 0.25) is 0 Å². The third-order valence-corrected chi connectivity index (χ3v) is 5.44. The molecule has 1 aromatic heterocycles. The third-order valence-electron chi connectivity index (χ3n) is 4.40. The molecular formula is C17H19N3OS. The summed E-state index contributed by atoms with van der Waals surface area (Å²) < 4.78 is 0. The molecule has 0 N–H and O–H groups in total. The molecule has 5 heteroatoms. The van der Waals surface area contributed by atoms with Crippen molar-refractivity contribution in [2.24, 2.45) is 0 Å². The van der Waals surface area contributed by atoms with Crippen LogP contribution in [0.25, 0.3) is 10.6 Å². The van der Waals surface area contributed by atoms with Gasteiger partial charge in [-0.2, -0.15) is 0 Å². The van der Waals surface area contributed by atoms with E-state index >= 15 is 0 Å². The van der Waals surface area contributed by atoms with Crippen LogP contribution in [0.1, 0.15) is 22.5 Å². The molecule has 1 saturated heterocycles. The fourth-order valence-electron chi connectivity index (χ4n) is 2.97. The molecule has 22 heavy (non-hydrogen) atoms. The van der Waals surface area contributed by atoms with E-state index in [1.54, 1.807) is 6.20 Å². The first-order valence-corrected chi connectivity index (χ1v) is 8.67. The largest absolute Gasteiger partial charge is 0.335 e. The Morgan fingerprint density at radius 2 is 1.82 bits per heavy atom.